The van der Waals surface area contributed by atoms with Crippen LogP contribution in [0.5, 0.6) is 0 Å². The highest BCUT2D eigenvalue weighted by atomic mass is 16.2. The van der Waals surface area contributed by atoms with Crippen LogP contribution in [0.25, 0.3) is 0 Å². The third kappa shape index (κ3) is 2.44. The minimum absolute atomic E-state index is 0.342. The lowest BCUT2D eigenvalue weighted by Crippen LogP contribution is -2.44. The van der Waals surface area contributed by atoms with Crippen molar-refractivity contribution in [3.05, 3.63) is 0 Å². The van der Waals surface area contributed by atoms with E-state index < -0.39 is 0 Å². The van der Waals surface area contributed by atoms with Crippen LogP contribution in [0.2, 0.25) is 5.31 Å². The second kappa shape index (κ2) is 4.42. The van der Waals surface area contributed by atoms with Gasteiger partial charge < -0.3 is 4.90 Å². The summed E-state index contributed by atoms with van der Waals surface area (Å²) in [4.78, 5) is 14.1. The van der Waals surface area contributed by atoms with Crippen LogP contribution in [0.15, 0.2) is 0 Å². The van der Waals surface area contributed by atoms with E-state index in [0.29, 0.717) is 23.1 Å². The smallest absolute Gasteiger partial charge is 0.225 e. The van der Waals surface area contributed by atoms with Crippen LogP contribution in [-0.4, -0.2) is 32.2 Å². The molecule has 0 aromatic carbocycles. The molecular formula is C13H24BNO. The summed E-state index contributed by atoms with van der Waals surface area (Å²) in [7, 11) is 4.34. The first-order chi connectivity index (χ1) is 7.49. The maximum Gasteiger partial charge on any atom is 0.225 e. The Balaban J connectivity index is 2.05. The Labute approximate surface area is 100 Å². The molecule has 2 fully saturated rings. The second-order valence-corrected chi connectivity index (χ2v) is 6.51. The number of piperidine rings is 1. The molecule has 0 bridgehead atoms. The number of hydrogen-bond donors (Lipinski definition) is 0. The highest BCUT2D eigenvalue weighted by Crippen LogP contribution is 2.42. The zero-order chi connectivity index (χ0) is 11.8. The molecular weight excluding hydrogens is 197 g/mol. The van der Waals surface area contributed by atoms with Crippen molar-refractivity contribution in [2.45, 2.75) is 50.8 Å². The predicted molar refractivity (Wildman–Crippen MR) is 69.2 cm³/mol. The van der Waals surface area contributed by atoms with E-state index in [2.05, 4.69) is 14.8 Å². The SMILES string of the molecule is BC1(C)CCCC2C(=O)N(C)CCC2CC1. The fourth-order valence-electron chi connectivity index (χ4n) is 3.36. The number of likely N-dealkylation sites (tertiary alicyclic amines) is 1. The molecule has 2 aliphatic rings. The number of carbonyl (C=O) groups is 1. The van der Waals surface area contributed by atoms with Gasteiger partial charge in [-0.1, -0.05) is 31.5 Å². The van der Waals surface area contributed by atoms with Crippen molar-refractivity contribution in [3.63, 3.8) is 0 Å². The van der Waals surface area contributed by atoms with Gasteiger partial charge in [0.2, 0.25) is 5.91 Å². The van der Waals surface area contributed by atoms with E-state index in [9.17, 15) is 4.79 Å². The molecule has 1 aliphatic carbocycles. The molecule has 0 aromatic rings. The Bertz CT molecular complexity index is 277. The van der Waals surface area contributed by atoms with E-state index in [4.69, 9.17) is 0 Å². The number of amides is 1. The molecule has 0 aromatic heterocycles. The van der Waals surface area contributed by atoms with E-state index in [1.165, 1.54) is 32.1 Å². The minimum Gasteiger partial charge on any atom is -0.346 e. The minimum atomic E-state index is 0.342. The lowest BCUT2D eigenvalue weighted by atomic mass is 9.60. The van der Waals surface area contributed by atoms with Crippen molar-refractivity contribution < 1.29 is 4.79 Å². The van der Waals surface area contributed by atoms with Gasteiger partial charge in [-0.3, -0.25) is 4.79 Å². The van der Waals surface area contributed by atoms with Crippen molar-refractivity contribution in [2.24, 2.45) is 11.8 Å². The quantitative estimate of drug-likeness (QED) is 0.572. The van der Waals surface area contributed by atoms with Gasteiger partial charge in [-0.15, -0.1) is 0 Å². The number of rotatable bonds is 0. The van der Waals surface area contributed by atoms with Crippen molar-refractivity contribution in [1.29, 1.82) is 0 Å². The molecule has 0 spiro atoms. The van der Waals surface area contributed by atoms with Gasteiger partial charge in [0, 0.05) is 19.5 Å². The van der Waals surface area contributed by atoms with Crippen LogP contribution >= 0.6 is 0 Å². The van der Waals surface area contributed by atoms with Gasteiger partial charge in [0.15, 0.2) is 0 Å². The first-order valence-corrected chi connectivity index (χ1v) is 6.75. The molecule has 90 valence electrons. The molecule has 1 aliphatic heterocycles. The molecule has 3 heteroatoms. The molecule has 1 saturated heterocycles. The maximum absolute atomic E-state index is 12.1. The molecule has 3 unspecified atom stereocenters. The Kier molecular flexibility index (Phi) is 3.32. The average Bonchev–Trinajstić information content (AvgIpc) is 2.20. The van der Waals surface area contributed by atoms with Gasteiger partial charge in [-0.05, 0) is 25.2 Å². The van der Waals surface area contributed by atoms with Crippen LogP contribution in [0, 0.1) is 11.8 Å². The normalized spacial score (nSPS) is 41.1. The average molecular weight is 221 g/mol. The van der Waals surface area contributed by atoms with Crippen molar-refractivity contribution >= 4 is 13.8 Å². The summed E-state index contributed by atoms with van der Waals surface area (Å²) in [6.45, 7) is 3.35. The van der Waals surface area contributed by atoms with Gasteiger partial charge in [-0.25, -0.2) is 0 Å². The summed E-state index contributed by atoms with van der Waals surface area (Å²) < 4.78 is 0. The number of hydrogen-bond acceptors (Lipinski definition) is 1. The number of carbonyl (C=O) groups excluding carboxylic acids is 1. The fourth-order valence-corrected chi connectivity index (χ4v) is 3.36. The largest absolute Gasteiger partial charge is 0.346 e. The third-order valence-corrected chi connectivity index (χ3v) is 4.66. The van der Waals surface area contributed by atoms with E-state index in [-0.39, 0.29) is 0 Å². The van der Waals surface area contributed by atoms with E-state index in [1.807, 2.05) is 11.9 Å². The van der Waals surface area contributed by atoms with Crippen molar-refractivity contribution in [3.8, 4) is 0 Å². The van der Waals surface area contributed by atoms with Crippen molar-refractivity contribution in [2.75, 3.05) is 13.6 Å². The standard InChI is InChI=1S/C13H24BNO/c1-13(14)7-3-4-11-10(5-8-13)6-9-15(2)12(11)16/h10-11H,3-9,14H2,1-2H3. The third-order valence-electron chi connectivity index (χ3n) is 4.66. The summed E-state index contributed by atoms with van der Waals surface area (Å²) in [5.74, 6) is 1.43. The summed E-state index contributed by atoms with van der Waals surface area (Å²) in [6.07, 6.45) is 7.42. The number of fused-ring (bicyclic) bond motifs is 1. The van der Waals surface area contributed by atoms with E-state index >= 15 is 0 Å². The van der Waals surface area contributed by atoms with Crippen molar-refractivity contribution in [1.82, 2.24) is 4.90 Å². The second-order valence-electron chi connectivity index (χ2n) is 6.51. The van der Waals surface area contributed by atoms with Crippen LogP contribution < -0.4 is 0 Å². The Morgan fingerprint density at radius 1 is 1.31 bits per heavy atom. The molecule has 0 N–H and O–H groups in total. The molecule has 0 radical (unpaired) electrons. The molecule has 1 amide bonds. The van der Waals surface area contributed by atoms with Gasteiger partial charge in [0.25, 0.3) is 0 Å². The Morgan fingerprint density at radius 2 is 2.06 bits per heavy atom. The molecule has 16 heavy (non-hydrogen) atoms. The predicted octanol–water partition coefficient (Wildman–Crippen LogP) is 1.86. The van der Waals surface area contributed by atoms with Crippen LogP contribution in [0.3, 0.4) is 0 Å². The maximum atomic E-state index is 12.1. The van der Waals surface area contributed by atoms with Gasteiger partial charge >= 0.3 is 0 Å². The summed E-state index contributed by atoms with van der Waals surface area (Å²) in [5.41, 5.74) is 0. The highest BCUT2D eigenvalue weighted by Gasteiger charge is 2.36. The van der Waals surface area contributed by atoms with E-state index in [0.717, 1.165) is 13.0 Å². The lowest BCUT2D eigenvalue weighted by molar-refractivity contribution is -0.140. The topological polar surface area (TPSA) is 20.3 Å². The summed E-state index contributed by atoms with van der Waals surface area (Å²) >= 11 is 0. The molecule has 1 heterocycles. The first kappa shape index (κ1) is 12.0. The lowest BCUT2D eigenvalue weighted by Gasteiger charge is -2.40. The van der Waals surface area contributed by atoms with Gasteiger partial charge in [0.1, 0.15) is 7.85 Å². The van der Waals surface area contributed by atoms with Gasteiger partial charge in [-0.2, -0.15) is 0 Å². The highest BCUT2D eigenvalue weighted by molar-refractivity contribution is 6.14. The first-order valence-electron chi connectivity index (χ1n) is 6.75. The van der Waals surface area contributed by atoms with Crippen LogP contribution in [-0.2, 0) is 4.79 Å². The van der Waals surface area contributed by atoms with E-state index in [1.54, 1.807) is 0 Å². The summed E-state index contributed by atoms with van der Waals surface area (Å²) in [6, 6.07) is 0. The zero-order valence-electron chi connectivity index (χ0n) is 11.0. The van der Waals surface area contributed by atoms with Gasteiger partial charge in [0.05, 0.1) is 0 Å². The Hall–Kier alpha value is -0.465. The molecule has 2 nitrogen and oxygen atoms in total. The van der Waals surface area contributed by atoms with Crippen LogP contribution in [0.1, 0.15) is 45.4 Å². The zero-order valence-corrected chi connectivity index (χ0v) is 11.0. The molecule has 2 rings (SSSR count). The number of nitrogens with zero attached hydrogens (tertiary/aromatic N) is 1. The fraction of sp³-hybridized carbons (Fsp3) is 0.923. The van der Waals surface area contributed by atoms with Crippen LogP contribution in [0.4, 0.5) is 0 Å². The molecule has 3 atom stereocenters. The monoisotopic (exact) mass is 221 g/mol. The molecule has 1 saturated carbocycles. The summed E-state index contributed by atoms with van der Waals surface area (Å²) in [5, 5.41) is 0.497. The Morgan fingerprint density at radius 3 is 2.81 bits per heavy atom.